The molecule has 5 heteroatoms. The van der Waals surface area contributed by atoms with E-state index in [1.165, 1.54) is 12.8 Å². The third kappa shape index (κ3) is 3.87. The Balaban J connectivity index is 1.87. The number of anilines is 2. The predicted molar refractivity (Wildman–Crippen MR) is 106 cm³/mol. The summed E-state index contributed by atoms with van der Waals surface area (Å²) in [6, 6.07) is 10.2. The molecule has 1 aromatic heterocycles. The summed E-state index contributed by atoms with van der Waals surface area (Å²) < 4.78 is 0. The maximum atomic E-state index is 13.1. The minimum Gasteiger partial charge on any atom is -0.338 e. The van der Waals surface area contributed by atoms with Crippen molar-refractivity contribution in [1.29, 1.82) is 0 Å². The zero-order chi connectivity index (χ0) is 18.5. The van der Waals surface area contributed by atoms with Crippen molar-refractivity contribution in [2.45, 2.75) is 52.5 Å². The largest absolute Gasteiger partial charge is 0.338 e. The number of benzene rings is 1. The Hall–Kier alpha value is -2.43. The number of carbonyl (C=O) groups excluding carboxylic acids is 1. The average molecular weight is 352 g/mol. The van der Waals surface area contributed by atoms with Crippen molar-refractivity contribution in [3.63, 3.8) is 0 Å². The molecule has 0 bridgehead atoms. The first kappa shape index (κ1) is 18.4. The molecule has 26 heavy (non-hydrogen) atoms. The van der Waals surface area contributed by atoms with Gasteiger partial charge in [-0.05, 0) is 63.3 Å². The van der Waals surface area contributed by atoms with E-state index in [-0.39, 0.29) is 5.91 Å². The number of aryl methyl sites for hydroxylation is 1. The molecule has 0 aliphatic carbocycles. The maximum absolute atomic E-state index is 13.1. The standard InChI is InChI=1S/C21H28N4O/c1-4-17-10-6-7-14-25(17)21-22-13-12-19(23-21)20(26)24(5-2)18-11-8-9-16(3)15-18/h8-9,11-13,15,17H,4-7,10,14H2,1-3H3. The summed E-state index contributed by atoms with van der Waals surface area (Å²) in [6.45, 7) is 7.79. The van der Waals surface area contributed by atoms with Gasteiger partial charge < -0.3 is 9.80 Å². The van der Waals surface area contributed by atoms with Gasteiger partial charge in [-0.3, -0.25) is 4.79 Å². The Kier molecular flexibility index (Phi) is 5.86. The van der Waals surface area contributed by atoms with Crippen LogP contribution in [-0.2, 0) is 0 Å². The van der Waals surface area contributed by atoms with Crippen LogP contribution in [0.5, 0.6) is 0 Å². The molecular weight excluding hydrogens is 324 g/mol. The molecule has 2 aromatic rings. The first-order chi connectivity index (χ1) is 12.6. The van der Waals surface area contributed by atoms with E-state index in [0.29, 0.717) is 24.2 Å². The number of amides is 1. The maximum Gasteiger partial charge on any atom is 0.277 e. The van der Waals surface area contributed by atoms with Gasteiger partial charge in [0.1, 0.15) is 5.69 Å². The summed E-state index contributed by atoms with van der Waals surface area (Å²) in [5.41, 5.74) is 2.50. The molecule has 1 amide bonds. The number of hydrogen-bond acceptors (Lipinski definition) is 4. The Labute approximate surface area is 156 Å². The summed E-state index contributed by atoms with van der Waals surface area (Å²) in [7, 11) is 0. The summed E-state index contributed by atoms with van der Waals surface area (Å²) in [4.78, 5) is 26.2. The van der Waals surface area contributed by atoms with Crippen LogP contribution in [0.25, 0.3) is 0 Å². The van der Waals surface area contributed by atoms with Crippen molar-refractivity contribution in [3.05, 3.63) is 47.8 Å². The molecule has 5 nitrogen and oxygen atoms in total. The topological polar surface area (TPSA) is 49.3 Å². The number of carbonyl (C=O) groups is 1. The fourth-order valence-electron chi connectivity index (χ4n) is 3.67. The lowest BCUT2D eigenvalue weighted by Gasteiger charge is -2.35. The highest BCUT2D eigenvalue weighted by molar-refractivity contribution is 6.04. The van der Waals surface area contributed by atoms with E-state index in [4.69, 9.17) is 0 Å². The lowest BCUT2D eigenvalue weighted by molar-refractivity contribution is 0.0983. The summed E-state index contributed by atoms with van der Waals surface area (Å²) >= 11 is 0. The number of hydrogen-bond donors (Lipinski definition) is 0. The Morgan fingerprint density at radius 1 is 1.27 bits per heavy atom. The van der Waals surface area contributed by atoms with Gasteiger partial charge in [-0.1, -0.05) is 19.1 Å². The van der Waals surface area contributed by atoms with Crippen LogP contribution >= 0.6 is 0 Å². The van der Waals surface area contributed by atoms with E-state index in [2.05, 4.69) is 21.8 Å². The molecule has 1 unspecified atom stereocenters. The molecule has 1 saturated heterocycles. The van der Waals surface area contributed by atoms with Crippen LogP contribution in [0.4, 0.5) is 11.6 Å². The number of piperidine rings is 1. The third-order valence-electron chi connectivity index (χ3n) is 5.09. The highest BCUT2D eigenvalue weighted by atomic mass is 16.2. The van der Waals surface area contributed by atoms with Gasteiger partial charge in [0, 0.05) is 31.0 Å². The van der Waals surface area contributed by atoms with E-state index in [1.54, 1.807) is 17.2 Å². The monoisotopic (exact) mass is 352 g/mol. The fraction of sp³-hybridized carbons (Fsp3) is 0.476. The molecular formula is C21H28N4O. The van der Waals surface area contributed by atoms with Gasteiger partial charge in [-0.15, -0.1) is 0 Å². The quantitative estimate of drug-likeness (QED) is 0.808. The zero-order valence-corrected chi connectivity index (χ0v) is 16.0. The fourth-order valence-corrected chi connectivity index (χ4v) is 3.67. The molecule has 0 saturated carbocycles. The second-order valence-corrected chi connectivity index (χ2v) is 6.88. The van der Waals surface area contributed by atoms with Crippen LogP contribution in [0.2, 0.25) is 0 Å². The highest BCUT2D eigenvalue weighted by Crippen LogP contribution is 2.24. The molecule has 2 heterocycles. The first-order valence-electron chi connectivity index (χ1n) is 9.62. The highest BCUT2D eigenvalue weighted by Gasteiger charge is 2.25. The van der Waals surface area contributed by atoms with Gasteiger partial charge >= 0.3 is 0 Å². The van der Waals surface area contributed by atoms with Crippen molar-refractivity contribution in [3.8, 4) is 0 Å². The van der Waals surface area contributed by atoms with E-state index < -0.39 is 0 Å². The van der Waals surface area contributed by atoms with Crippen LogP contribution in [-0.4, -0.2) is 35.0 Å². The summed E-state index contributed by atoms with van der Waals surface area (Å²) in [5, 5.41) is 0. The van der Waals surface area contributed by atoms with Gasteiger partial charge in [0.2, 0.25) is 5.95 Å². The van der Waals surface area contributed by atoms with E-state index >= 15 is 0 Å². The lowest BCUT2D eigenvalue weighted by atomic mass is 10.0. The molecule has 138 valence electrons. The van der Waals surface area contributed by atoms with Crippen LogP contribution in [0.3, 0.4) is 0 Å². The van der Waals surface area contributed by atoms with E-state index in [9.17, 15) is 4.79 Å². The molecule has 1 aliphatic heterocycles. The van der Waals surface area contributed by atoms with E-state index in [0.717, 1.165) is 30.6 Å². The Bertz CT molecular complexity index is 761. The molecule has 1 atom stereocenters. The Morgan fingerprint density at radius 2 is 2.12 bits per heavy atom. The van der Waals surface area contributed by atoms with Crippen LogP contribution in [0.15, 0.2) is 36.5 Å². The third-order valence-corrected chi connectivity index (χ3v) is 5.09. The normalized spacial score (nSPS) is 17.2. The minimum absolute atomic E-state index is 0.0770. The second-order valence-electron chi connectivity index (χ2n) is 6.88. The number of rotatable bonds is 5. The van der Waals surface area contributed by atoms with Crippen molar-refractivity contribution in [1.82, 2.24) is 9.97 Å². The number of nitrogens with zero attached hydrogens (tertiary/aromatic N) is 4. The first-order valence-corrected chi connectivity index (χ1v) is 9.62. The Morgan fingerprint density at radius 3 is 2.85 bits per heavy atom. The molecule has 0 N–H and O–H groups in total. The van der Waals surface area contributed by atoms with Gasteiger partial charge in [0.05, 0.1) is 0 Å². The van der Waals surface area contributed by atoms with Gasteiger partial charge in [-0.2, -0.15) is 0 Å². The van der Waals surface area contributed by atoms with Crippen molar-refractivity contribution in [2.75, 3.05) is 22.9 Å². The predicted octanol–water partition coefficient (Wildman–Crippen LogP) is 4.22. The summed E-state index contributed by atoms with van der Waals surface area (Å²) in [6.07, 6.45) is 6.36. The second kappa shape index (κ2) is 8.30. The molecule has 0 radical (unpaired) electrons. The minimum atomic E-state index is -0.0770. The SMILES string of the molecule is CCC1CCCCN1c1nccc(C(=O)N(CC)c2cccc(C)c2)n1. The van der Waals surface area contributed by atoms with Crippen LogP contribution in [0.1, 0.15) is 55.6 Å². The molecule has 1 aromatic carbocycles. The molecule has 1 aliphatic rings. The van der Waals surface area contributed by atoms with Gasteiger partial charge in [0.25, 0.3) is 5.91 Å². The molecule has 1 fully saturated rings. The van der Waals surface area contributed by atoms with Crippen LogP contribution < -0.4 is 9.80 Å². The van der Waals surface area contributed by atoms with Gasteiger partial charge in [0.15, 0.2) is 0 Å². The summed E-state index contributed by atoms with van der Waals surface area (Å²) in [5.74, 6) is 0.606. The molecule has 0 spiro atoms. The van der Waals surface area contributed by atoms with Crippen molar-refractivity contribution >= 4 is 17.5 Å². The average Bonchev–Trinajstić information content (AvgIpc) is 2.68. The zero-order valence-electron chi connectivity index (χ0n) is 16.0. The van der Waals surface area contributed by atoms with Crippen molar-refractivity contribution < 1.29 is 4.79 Å². The van der Waals surface area contributed by atoms with Crippen LogP contribution in [0, 0.1) is 6.92 Å². The van der Waals surface area contributed by atoms with Gasteiger partial charge in [-0.25, -0.2) is 9.97 Å². The smallest absolute Gasteiger partial charge is 0.277 e. The number of aromatic nitrogens is 2. The lowest BCUT2D eigenvalue weighted by Crippen LogP contribution is -2.40. The van der Waals surface area contributed by atoms with Crippen molar-refractivity contribution in [2.24, 2.45) is 0 Å². The molecule has 3 rings (SSSR count). The van der Waals surface area contributed by atoms with E-state index in [1.807, 2.05) is 38.1 Å².